The number of phenolic OH excluding ortho intramolecular Hbond substituents is 1. The summed E-state index contributed by atoms with van der Waals surface area (Å²) in [6.45, 7) is 0.198. The van der Waals surface area contributed by atoms with Gasteiger partial charge in [-0.3, -0.25) is 24.0 Å². The molecule has 0 amide bonds. The summed E-state index contributed by atoms with van der Waals surface area (Å²) in [5, 5.41) is 36.1. The van der Waals surface area contributed by atoms with Crippen LogP contribution in [0.4, 0.5) is 0 Å². The average molecular weight is 685 g/mol. The van der Waals surface area contributed by atoms with E-state index in [0.29, 0.717) is 10.0 Å². The van der Waals surface area contributed by atoms with Crippen LogP contribution in [-0.4, -0.2) is 33.6 Å². The molecule has 1 spiro atoms. The first-order valence-electron chi connectivity index (χ1n) is 13.9. The second kappa shape index (κ2) is 10.2. The van der Waals surface area contributed by atoms with Gasteiger partial charge in [0.05, 0.1) is 45.3 Å². The molecule has 0 unspecified atom stereocenters. The molecule has 7 rings (SSSR count). The summed E-state index contributed by atoms with van der Waals surface area (Å²) >= 11 is 3.51. The standard InChI is InChI=1S/C33H21BrN2O10/c1-45-18-10-17(37)20-21(26(18)38)28(40)23-22(27(20)39)30(42)33(31(23)43)8-7-15-24(33)29(41)19-16(25(15)34)9-14(36-32(19)44)11-35-46-12-13-5-3-2-4-6-13/h2-6,9-11,41-43H,7-8,12H2,1H3,(H,36,44)/b35-11+/t33-/m0/s1. The van der Waals surface area contributed by atoms with Crippen molar-refractivity contribution in [1.82, 2.24) is 4.98 Å². The Morgan fingerprint density at radius 1 is 0.935 bits per heavy atom. The smallest absolute Gasteiger partial charge is 0.260 e. The maximum Gasteiger partial charge on any atom is 0.260 e. The fraction of sp³-hybridized carbons (Fsp3) is 0.152. The minimum absolute atomic E-state index is 0.0960. The van der Waals surface area contributed by atoms with E-state index in [1.165, 1.54) is 6.21 Å². The molecule has 230 valence electrons. The molecule has 1 aromatic heterocycles. The molecule has 0 saturated carbocycles. The molecule has 13 heteroatoms. The number of aromatic nitrogens is 1. The molecule has 0 aliphatic heterocycles. The maximum absolute atomic E-state index is 13.7. The fourth-order valence-electron chi connectivity index (χ4n) is 6.66. The predicted octanol–water partition coefficient (Wildman–Crippen LogP) is 0.827. The summed E-state index contributed by atoms with van der Waals surface area (Å²) < 4.78 is 5.27. The molecule has 4 aliphatic carbocycles. The number of oxime groups is 1. The lowest BCUT2D eigenvalue weighted by Gasteiger charge is -2.27. The molecule has 0 fully saturated rings. The van der Waals surface area contributed by atoms with Gasteiger partial charge in [-0.05, 0) is 46.0 Å². The molecule has 1 heterocycles. The molecular formula is C33H21BrN2O10. The number of methoxy groups -OCH3 is 1. The van der Waals surface area contributed by atoms with Gasteiger partial charge >= 0.3 is 0 Å². The van der Waals surface area contributed by atoms with Crippen LogP contribution in [0.1, 0.15) is 28.8 Å². The number of rotatable bonds is 5. The van der Waals surface area contributed by atoms with Crippen LogP contribution in [0, 0.1) is 10.4 Å². The number of benzene rings is 2. The number of pyridine rings is 1. The second-order valence-corrected chi connectivity index (χ2v) is 11.8. The second-order valence-electron chi connectivity index (χ2n) is 11.0. The van der Waals surface area contributed by atoms with Crippen LogP contribution in [-0.2, 0) is 23.3 Å². The fourth-order valence-corrected chi connectivity index (χ4v) is 7.37. The summed E-state index contributed by atoms with van der Waals surface area (Å²) in [4.78, 5) is 74.4. The zero-order valence-electron chi connectivity index (χ0n) is 23.8. The third kappa shape index (κ3) is 3.78. The lowest BCUT2D eigenvalue weighted by molar-refractivity contribution is 0.132. The van der Waals surface area contributed by atoms with Crippen LogP contribution >= 0.6 is 15.9 Å². The van der Waals surface area contributed by atoms with Crippen molar-refractivity contribution in [2.45, 2.75) is 24.9 Å². The van der Waals surface area contributed by atoms with E-state index in [0.717, 1.165) is 18.7 Å². The van der Waals surface area contributed by atoms with Gasteiger partial charge in [-0.2, -0.15) is 0 Å². The molecule has 46 heavy (non-hydrogen) atoms. The Bertz CT molecular complexity index is 2680. The first-order valence-corrected chi connectivity index (χ1v) is 14.7. The third-order valence-corrected chi connectivity index (χ3v) is 9.62. The summed E-state index contributed by atoms with van der Waals surface area (Å²) in [5.74, 6) is -2.61. The normalized spacial score (nSPS) is 17.0. The number of hydrogen-bond donors (Lipinski definition) is 4. The summed E-state index contributed by atoms with van der Waals surface area (Å²) in [6.07, 6.45) is 1.30. The number of nitrogens with one attached hydrogen (secondary N) is 1. The van der Waals surface area contributed by atoms with Crippen LogP contribution in [0.25, 0.3) is 22.3 Å². The van der Waals surface area contributed by atoms with Gasteiger partial charge in [0, 0.05) is 21.5 Å². The monoisotopic (exact) mass is 684 g/mol. The number of aliphatic hydroxyl groups is 2. The van der Waals surface area contributed by atoms with Crippen molar-refractivity contribution in [3.63, 3.8) is 0 Å². The Hall–Kier alpha value is -5.56. The average Bonchev–Trinajstić information content (AvgIpc) is 3.55. The quantitative estimate of drug-likeness (QED) is 0.152. The van der Waals surface area contributed by atoms with Gasteiger partial charge in [-0.25, -0.2) is 0 Å². The molecule has 4 N–H and O–H groups in total. The van der Waals surface area contributed by atoms with Crippen LogP contribution in [0.3, 0.4) is 0 Å². The first-order chi connectivity index (χ1) is 22.0. The van der Waals surface area contributed by atoms with E-state index in [-0.39, 0.29) is 41.5 Å². The van der Waals surface area contributed by atoms with Gasteiger partial charge in [0.25, 0.3) is 5.56 Å². The molecule has 2 aromatic carbocycles. The van der Waals surface area contributed by atoms with Gasteiger partial charge in [0.15, 0.2) is 11.2 Å². The molecular weight excluding hydrogens is 664 g/mol. The number of phenols is 1. The predicted molar refractivity (Wildman–Crippen MR) is 170 cm³/mol. The van der Waals surface area contributed by atoms with Crippen LogP contribution in [0.5, 0.6) is 11.5 Å². The number of halogens is 1. The lowest BCUT2D eigenvalue weighted by Crippen LogP contribution is -2.51. The summed E-state index contributed by atoms with van der Waals surface area (Å²) in [7, 11) is 1.12. The molecule has 1 atom stereocenters. The Kier molecular flexibility index (Phi) is 6.49. The molecule has 12 nitrogen and oxygen atoms in total. The van der Waals surface area contributed by atoms with Crippen molar-refractivity contribution in [2.24, 2.45) is 5.16 Å². The van der Waals surface area contributed by atoms with E-state index < -0.39 is 76.6 Å². The SMILES string of the molecule is COc1cc(=O)c2c(=O)c3c(c(=O)c=2c1=O)=C(O)[C@]1(CCc2c1c(O)c1c(=O)[nH]c(/C=N/OCc4ccccc4)cc1c2Br)C=3O. The van der Waals surface area contributed by atoms with E-state index in [1.807, 2.05) is 30.3 Å². The minimum atomic E-state index is -2.01. The number of aliphatic hydroxyl groups excluding tert-OH is 2. The zero-order valence-corrected chi connectivity index (χ0v) is 25.4. The molecule has 0 saturated heterocycles. The Labute approximate surface area is 263 Å². The van der Waals surface area contributed by atoms with Crippen LogP contribution < -0.4 is 42.4 Å². The highest BCUT2D eigenvalue weighted by Crippen LogP contribution is 2.56. The van der Waals surface area contributed by atoms with Crippen LogP contribution in [0.2, 0.25) is 0 Å². The van der Waals surface area contributed by atoms with E-state index in [4.69, 9.17) is 9.57 Å². The Balaban J connectivity index is 1.44. The zero-order chi connectivity index (χ0) is 32.7. The van der Waals surface area contributed by atoms with Crippen LogP contribution in [0.15, 0.2) is 76.1 Å². The van der Waals surface area contributed by atoms with Crippen molar-refractivity contribution in [3.05, 3.63) is 141 Å². The third-order valence-electron chi connectivity index (χ3n) is 8.72. The minimum Gasteiger partial charge on any atom is -0.510 e. The van der Waals surface area contributed by atoms with Crippen molar-refractivity contribution < 1.29 is 24.9 Å². The molecule has 3 aromatic rings. The largest absolute Gasteiger partial charge is 0.510 e. The number of nitrogens with zero attached hydrogens (tertiary/aromatic N) is 1. The van der Waals surface area contributed by atoms with Crippen molar-refractivity contribution >= 4 is 44.4 Å². The Morgan fingerprint density at radius 3 is 2.28 bits per heavy atom. The van der Waals surface area contributed by atoms with Crippen molar-refractivity contribution in [2.75, 3.05) is 7.11 Å². The van der Waals surface area contributed by atoms with Gasteiger partial charge in [0.1, 0.15) is 29.3 Å². The molecule has 0 radical (unpaired) electrons. The highest BCUT2D eigenvalue weighted by Gasteiger charge is 2.53. The van der Waals surface area contributed by atoms with Gasteiger partial charge in [-0.15, -0.1) is 0 Å². The van der Waals surface area contributed by atoms with Gasteiger partial charge < -0.3 is 29.9 Å². The number of aromatic amines is 1. The molecule has 0 bridgehead atoms. The summed E-state index contributed by atoms with van der Waals surface area (Å²) in [6, 6.07) is 11.7. The highest BCUT2D eigenvalue weighted by atomic mass is 79.9. The van der Waals surface area contributed by atoms with Gasteiger partial charge in [-0.1, -0.05) is 35.5 Å². The maximum atomic E-state index is 13.7. The lowest BCUT2D eigenvalue weighted by atomic mass is 9.78. The number of ether oxygens (including phenoxy) is 1. The van der Waals surface area contributed by atoms with E-state index >= 15 is 0 Å². The highest BCUT2D eigenvalue weighted by molar-refractivity contribution is 9.10. The Morgan fingerprint density at radius 2 is 1.61 bits per heavy atom. The molecule has 4 aliphatic rings. The first kappa shape index (κ1) is 29.2. The number of hydrogen-bond acceptors (Lipinski definition) is 11. The number of fused-ring (bicyclic) bond motifs is 4. The summed E-state index contributed by atoms with van der Waals surface area (Å²) in [5.41, 5.74) is -5.56. The number of aromatic hydroxyl groups is 1. The number of H-pyrrole nitrogens is 1. The van der Waals surface area contributed by atoms with E-state index in [2.05, 4.69) is 26.1 Å². The van der Waals surface area contributed by atoms with E-state index in [1.54, 1.807) is 6.07 Å². The van der Waals surface area contributed by atoms with E-state index in [9.17, 15) is 39.3 Å². The van der Waals surface area contributed by atoms with Crippen molar-refractivity contribution in [3.8, 4) is 11.5 Å². The van der Waals surface area contributed by atoms with Crippen molar-refractivity contribution in [1.29, 1.82) is 0 Å². The van der Waals surface area contributed by atoms with Gasteiger partial charge in [0.2, 0.25) is 16.3 Å². The topological polar surface area (TPSA) is 193 Å².